The van der Waals surface area contributed by atoms with Crippen LogP contribution in [0.5, 0.6) is 0 Å². The van der Waals surface area contributed by atoms with Gasteiger partial charge in [-0.1, -0.05) is 11.6 Å². The van der Waals surface area contributed by atoms with Crippen LogP contribution in [-0.4, -0.2) is 44.5 Å². The maximum atomic E-state index is 12.0. The van der Waals surface area contributed by atoms with Crippen molar-refractivity contribution in [2.75, 3.05) is 20.1 Å². The minimum Gasteiger partial charge on any atom is -0.326 e. The van der Waals surface area contributed by atoms with Gasteiger partial charge in [0.2, 0.25) is 10.0 Å². The molecule has 0 aromatic carbocycles. The first-order valence-corrected chi connectivity index (χ1v) is 8.68. The number of unbranched alkanes of at least 4 members (excludes halogenated alkanes) is 1. The molecular formula is C13H22ClN3O3S. The predicted octanol–water partition coefficient (Wildman–Crippen LogP) is 1.43. The average Bonchev–Trinajstić information content (AvgIpc) is 2.40. The molecule has 0 atom stereocenters. The molecule has 0 radical (unpaired) electrons. The Morgan fingerprint density at radius 3 is 2.62 bits per heavy atom. The van der Waals surface area contributed by atoms with Gasteiger partial charge < -0.3 is 9.88 Å². The first-order chi connectivity index (χ1) is 9.74. The zero-order chi connectivity index (χ0) is 16.0. The highest BCUT2D eigenvalue weighted by molar-refractivity contribution is 7.89. The second-order valence-corrected chi connectivity index (χ2v) is 7.37. The number of aromatic amines is 1. The molecule has 0 spiro atoms. The van der Waals surface area contributed by atoms with Crippen LogP contribution in [0.4, 0.5) is 0 Å². The minimum atomic E-state index is -3.63. The molecule has 1 heterocycles. The van der Waals surface area contributed by atoms with Gasteiger partial charge in [0, 0.05) is 18.8 Å². The predicted molar refractivity (Wildman–Crippen MR) is 84.3 cm³/mol. The van der Waals surface area contributed by atoms with Gasteiger partial charge in [0.25, 0.3) is 5.56 Å². The fourth-order valence-corrected chi connectivity index (χ4v) is 2.93. The van der Waals surface area contributed by atoms with Gasteiger partial charge in [0.15, 0.2) is 0 Å². The van der Waals surface area contributed by atoms with Crippen molar-refractivity contribution >= 4 is 21.6 Å². The fraction of sp³-hybridized carbons (Fsp3) is 0.615. The van der Waals surface area contributed by atoms with E-state index in [1.165, 1.54) is 0 Å². The van der Waals surface area contributed by atoms with Crippen molar-refractivity contribution in [1.82, 2.24) is 14.6 Å². The Morgan fingerprint density at radius 2 is 2.05 bits per heavy atom. The van der Waals surface area contributed by atoms with E-state index in [1.54, 1.807) is 0 Å². The molecule has 0 saturated carbocycles. The maximum absolute atomic E-state index is 12.0. The van der Waals surface area contributed by atoms with E-state index in [4.69, 9.17) is 11.6 Å². The molecule has 120 valence electrons. The van der Waals surface area contributed by atoms with E-state index in [2.05, 4.69) is 28.5 Å². The van der Waals surface area contributed by atoms with E-state index in [0.29, 0.717) is 12.6 Å². The molecule has 0 aliphatic rings. The third kappa shape index (κ3) is 5.78. The molecule has 0 bridgehead atoms. The van der Waals surface area contributed by atoms with E-state index >= 15 is 0 Å². The summed E-state index contributed by atoms with van der Waals surface area (Å²) in [5.74, 6) is 0. The molecule has 2 N–H and O–H groups in total. The van der Waals surface area contributed by atoms with Crippen molar-refractivity contribution in [1.29, 1.82) is 0 Å². The molecule has 1 aromatic heterocycles. The summed E-state index contributed by atoms with van der Waals surface area (Å²) in [5.41, 5.74) is -0.507. The second kappa shape index (κ2) is 7.93. The number of nitrogens with one attached hydrogen (secondary N) is 2. The van der Waals surface area contributed by atoms with Crippen LogP contribution in [0.2, 0.25) is 5.02 Å². The van der Waals surface area contributed by atoms with Crippen LogP contribution in [0, 0.1) is 0 Å². The van der Waals surface area contributed by atoms with Crippen molar-refractivity contribution in [2.24, 2.45) is 0 Å². The number of hydrogen-bond acceptors (Lipinski definition) is 4. The summed E-state index contributed by atoms with van der Waals surface area (Å²) in [6, 6.07) is 1.62. The summed E-state index contributed by atoms with van der Waals surface area (Å²) in [7, 11) is -1.60. The summed E-state index contributed by atoms with van der Waals surface area (Å²) in [5, 5.41) is -0.142. The Balaban J connectivity index is 2.47. The van der Waals surface area contributed by atoms with Crippen molar-refractivity contribution in [3.05, 3.63) is 27.6 Å². The molecule has 8 heteroatoms. The SMILES string of the molecule is CC(C)N(C)CCCCNS(=O)(=O)c1c[nH]c(=O)c(Cl)c1. The summed E-state index contributed by atoms with van der Waals surface area (Å²) in [6.45, 7) is 5.50. The standard InChI is InChI=1S/C13H22ClN3O3S/c1-10(2)17(3)7-5-4-6-16-21(19,20)11-8-12(14)13(18)15-9-11/h8-10,16H,4-7H2,1-3H3,(H,15,18). The molecule has 0 aliphatic heterocycles. The van der Waals surface area contributed by atoms with Gasteiger partial charge in [-0.2, -0.15) is 0 Å². The van der Waals surface area contributed by atoms with Crippen molar-refractivity contribution < 1.29 is 8.42 Å². The molecule has 1 rings (SSSR count). The lowest BCUT2D eigenvalue weighted by Crippen LogP contribution is -2.29. The van der Waals surface area contributed by atoms with Gasteiger partial charge in [0.05, 0.1) is 4.90 Å². The smallest absolute Gasteiger partial charge is 0.266 e. The first-order valence-electron chi connectivity index (χ1n) is 6.82. The number of halogens is 1. The van der Waals surface area contributed by atoms with Crippen LogP contribution >= 0.6 is 11.6 Å². The molecular weight excluding hydrogens is 314 g/mol. The molecule has 0 aliphatic carbocycles. The number of sulfonamides is 1. The lowest BCUT2D eigenvalue weighted by atomic mass is 10.2. The van der Waals surface area contributed by atoms with Crippen LogP contribution in [0.15, 0.2) is 22.0 Å². The van der Waals surface area contributed by atoms with E-state index in [-0.39, 0.29) is 9.92 Å². The van der Waals surface area contributed by atoms with Crippen molar-refractivity contribution in [3.63, 3.8) is 0 Å². The first kappa shape index (κ1) is 18.2. The van der Waals surface area contributed by atoms with Gasteiger partial charge >= 0.3 is 0 Å². The van der Waals surface area contributed by atoms with Crippen molar-refractivity contribution in [2.45, 2.75) is 37.6 Å². The highest BCUT2D eigenvalue weighted by Crippen LogP contribution is 2.10. The van der Waals surface area contributed by atoms with Gasteiger partial charge in [-0.3, -0.25) is 4.79 Å². The van der Waals surface area contributed by atoms with Gasteiger partial charge in [-0.25, -0.2) is 13.1 Å². The van der Waals surface area contributed by atoms with E-state index < -0.39 is 15.6 Å². The van der Waals surface area contributed by atoms with Crippen molar-refractivity contribution in [3.8, 4) is 0 Å². The van der Waals surface area contributed by atoms with E-state index in [0.717, 1.165) is 31.6 Å². The topological polar surface area (TPSA) is 82.3 Å². The molecule has 0 fully saturated rings. The van der Waals surface area contributed by atoms with Crippen LogP contribution in [0.1, 0.15) is 26.7 Å². The highest BCUT2D eigenvalue weighted by atomic mass is 35.5. The van der Waals surface area contributed by atoms with Gasteiger partial charge in [0.1, 0.15) is 5.02 Å². The molecule has 0 unspecified atom stereocenters. The Labute approximate surface area is 130 Å². The maximum Gasteiger partial charge on any atom is 0.266 e. The third-order valence-corrected chi connectivity index (χ3v) is 4.97. The number of pyridine rings is 1. The normalized spacial score (nSPS) is 12.3. The number of H-pyrrole nitrogens is 1. The average molecular weight is 336 g/mol. The van der Waals surface area contributed by atoms with Crippen LogP contribution in [0.25, 0.3) is 0 Å². The number of rotatable bonds is 8. The summed E-state index contributed by atoms with van der Waals surface area (Å²) < 4.78 is 26.5. The fourth-order valence-electron chi connectivity index (χ4n) is 1.63. The molecule has 0 saturated heterocycles. The van der Waals surface area contributed by atoms with Gasteiger partial charge in [-0.15, -0.1) is 0 Å². The Hall–Kier alpha value is -0.890. The second-order valence-electron chi connectivity index (χ2n) is 5.19. The Bertz CT molecular complexity index is 613. The number of nitrogens with zero attached hydrogens (tertiary/aromatic N) is 1. The van der Waals surface area contributed by atoms with E-state index in [1.807, 2.05) is 7.05 Å². The zero-order valence-corrected chi connectivity index (χ0v) is 14.1. The quantitative estimate of drug-likeness (QED) is 0.704. The van der Waals surface area contributed by atoms with Crippen LogP contribution < -0.4 is 10.3 Å². The largest absolute Gasteiger partial charge is 0.326 e. The van der Waals surface area contributed by atoms with Crippen LogP contribution in [0.3, 0.4) is 0 Å². The molecule has 6 nitrogen and oxygen atoms in total. The molecule has 21 heavy (non-hydrogen) atoms. The van der Waals surface area contributed by atoms with Crippen LogP contribution in [-0.2, 0) is 10.0 Å². The number of hydrogen-bond donors (Lipinski definition) is 2. The highest BCUT2D eigenvalue weighted by Gasteiger charge is 2.15. The Kier molecular flexibility index (Phi) is 6.86. The third-order valence-electron chi connectivity index (χ3n) is 3.25. The number of aromatic nitrogens is 1. The lowest BCUT2D eigenvalue weighted by molar-refractivity contribution is 0.268. The zero-order valence-electron chi connectivity index (χ0n) is 12.5. The Morgan fingerprint density at radius 1 is 1.38 bits per heavy atom. The van der Waals surface area contributed by atoms with Gasteiger partial charge in [-0.05, 0) is 46.3 Å². The minimum absolute atomic E-state index is 0.0357. The summed E-state index contributed by atoms with van der Waals surface area (Å²) in [4.78, 5) is 15.6. The monoisotopic (exact) mass is 335 g/mol. The summed E-state index contributed by atoms with van der Waals surface area (Å²) >= 11 is 5.63. The lowest BCUT2D eigenvalue weighted by Gasteiger charge is -2.20. The summed E-state index contributed by atoms with van der Waals surface area (Å²) in [6.07, 6.45) is 2.79. The molecule has 0 amide bonds. The van der Waals surface area contributed by atoms with E-state index in [9.17, 15) is 13.2 Å². The molecule has 1 aromatic rings.